The highest BCUT2D eigenvalue weighted by molar-refractivity contribution is 5.95. The summed E-state index contributed by atoms with van der Waals surface area (Å²) in [7, 11) is 0. The van der Waals surface area contributed by atoms with Crippen LogP contribution in [0.2, 0.25) is 0 Å². The number of hydrogen-bond donors (Lipinski definition) is 0. The van der Waals surface area contributed by atoms with E-state index in [1.807, 2.05) is 0 Å². The summed E-state index contributed by atoms with van der Waals surface area (Å²) in [6, 6.07) is 68.6. The molecule has 50 heavy (non-hydrogen) atoms. The lowest BCUT2D eigenvalue weighted by Crippen LogP contribution is -2.14. The molecule has 0 fully saturated rings. The van der Waals surface area contributed by atoms with Gasteiger partial charge in [0.2, 0.25) is 0 Å². The van der Waals surface area contributed by atoms with E-state index in [0.29, 0.717) is 0 Å². The van der Waals surface area contributed by atoms with E-state index in [4.69, 9.17) is 0 Å². The third kappa shape index (κ3) is 5.02. The van der Waals surface area contributed by atoms with E-state index < -0.39 is 0 Å². The molecule has 0 aliphatic heterocycles. The molecule has 8 aromatic carbocycles. The molecule has 238 valence electrons. The Labute approximate surface area is 294 Å². The molecule has 0 N–H and O–H groups in total. The van der Waals surface area contributed by atoms with Crippen LogP contribution in [0.3, 0.4) is 0 Å². The van der Waals surface area contributed by atoms with E-state index >= 15 is 0 Å². The molecular weight excluding hydrogens is 603 g/mol. The quantitative estimate of drug-likeness (QED) is 0.175. The van der Waals surface area contributed by atoms with E-state index in [9.17, 15) is 0 Å². The fourth-order valence-corrected chi connectivity index (χ4v) is 7.94. The van der Waals surface area contributed by atoms with Gasteiger partial charge in [-0.1, -0.05) is 166 Å². The molecule has 0 aromatic heterocycles. The third-order valence-corrected chi connectivity index (χ3v) is 10.5. The Kier molecular flexibility index (Phi) is 7.21. The summed E-state index contributed by atoms with van der Waals surface area (Å²) in [5.74, 6) is 0. The molecule has 0 saturated carbocycles. The lowest BCUT2D eigenvalue weighted by Gasteiger charge is -2.28. The number of anilines is 3. The van der Waals surface area contributed by atoms with Crippen molar-refractivity contribution >= 4 is 27.8 Å². The molecule has 1 nitrogen and oxygen atoms in total. The second kappa shape index (κ2) is 12.1. The second-order valence-corrected chi connectivity index (χ2v) is 13.8. The van der Waals surface area contributed by atoms with Crippen molar-refractivity contribution in [3.05, 3.63) is 199 Å². The van der Waals surface area contributed by atoms with E-state index in [2.05, 4.69) is 207 Å². The Bertz CT molecular complexity index is 2510. The summed E-state index contributed by atoms with van der Waals surface area (Å²) >= 11 is 0. The van der Waals surface area contributed by atoms with Crippen molar-refractivity contribution in [3.8, 4) is 44.5 Å². The molecule has 0 unspecified atom stereocenters. The Balaban J connectivity index is 1.19. The van der Waals surface area contributed by atoms with Crippen LogP contribution in [0.25, 0.3) is 55.3 Å². The summed E-state index contributed by atoms with van der Waals surface area (Å²) in [6.07, 6.45) is 0. The summed E-state index contributed by atoms with van der Waals surface area (Å²) in [4.78, 5) is 2.41. The van der Waals surface area contributed by atoms with E-state index in [0.717, 1.165) is 17.1 Å². The van der Waals surface area contributed by atoms with Gasteiger partial charge in [-0.25, -0.2) is 0 Å². The number of nitrogens with zero attached hydrogens (tertiary/aromatic N) is 1. The van der Waals surface area contributed by atoms with Crippen LogP contribution >= 0.6 is 0 Å². The van der Waals surface area contributed by atoms with Crippen LogP contribution in [0, 0.1) is 0 Å². The van der Waals surface area contributed by atoms with Crippen LogP contribution < -0.4 is 4.90 Å². The molecule has 1 heteroatoms. The zero-order valence-electron chi connectivity index (χ0n) is 28.3. The first-order chi connectivity index (χ1) is 24.6. The van der Waals surface area contributed by atoms with Crippen molar-refractivity contribution in [1.29, 1.82) is 0 Å². The normalized spacial score (nSPS) is 12.8. The van der Waals surface area contributed by atoms with Gasteiger partial charge < -0.3 is 4.90 Å². The van der Waals surface area contributed by atoms with Gasteiger partial charge in [0.15, 0.2) is 0 Å². The van der Waals surface area contributed by atoms with E-state index in [1.165, 1.54) is 66.4 Å². The van der Waals surface area contributed by atoms with Crippen molar-refractivity contribution in [2.75, 3.05) is 4.90 Å². The molecule has 0 radical (unpaired) electrons. The Hall–Kier alpha value is -6.18. The number of fused-ring (bicyclic) bond motifs is 4. The molecule has 9 rings (SSSR count). The van der Waals surface area contributed by atoms with Gasteiger partial charge in [-0.15, -0.1) is 0 Å². The molecule has 0 heterocycles. The minimum atomic E-state index is -0.0315. The van der Waals surface area contributed by atoms with Gasteiger partial charge in [0.05, 0.1) is 5.69 Å². The number of benzene rings is 8. The average molecular weight is 640 g/mol. The number of hydrogen-bond acceptors (Lipinski definition) is 1. The minimum Gasteiger partial charge on any atom is -0.310 e. The highest BCUT2D eigenvalue weighted by Crippen LogP contribution is 2.52. The van der Waals surface area contributed by atoms with Crippen LogP contribution in [0.5, 0.6) is 0 Å². The van der Waals surface area contributed by atoms with Crippen molar-refractivity contribution in [1.82, 2.24) is 0 Å². The molecule has 0 amide bonds. The maximum atomic E-state index is 2.41. The lowest BCUT2D eigenvalue weighted by molar-refractivity contribution is 0.660. The first-order valence-electron chi connectivity index (χ1n) is 17.4. The predicted octanol–water partition coefficient (Wildman–Crippen LogP) is 13.6. The maximum absolute atomic E-state index is 2.41. The summed E-state index contributed by atoms with van der Waals surface area (Å²) in [6.45, 7) is 4.69. The molecule has 0 spiro atoms. The van der Waals surface area contributed by atoms with Gasteiger partial charge in [-0.2, -0.15) is 0 Å². The topological polar surface area (TPSA) is 3.24 Å². The molecule has 1 aliphatic carbocycles. The van der Waals surface area contributed by atoms with Gasteiger partial charge in [0, 0.05) is 22.4 Å². The smallest absolute Gasteiger partial charge is 0.0540 e. The molecule has 0 bridgehead atoms. The van der Waals surface area contributed by atoms with E-state index in [1.54, 1.807) is 0 Å². The Morgan fingerprint density at radius 1 is 0.360 bits per heavy atom. The zero-order valence-corrected chi connectivity index (χ0v) is 28.3. The first-order valence-corrected chi connectivity index (χ1v) is 17.4. The predicted molar refractivity (Wildman–Crippen MR) is 213 cm³/mol. The number of para-hydroxylation sites is 1. The van der Waals surface area contributed by atoms with Crippen molar-refractivity contribution < 1.29 is 0 Å². The summed E-state index contributed by atoms with van der Waals surface area (Å²) in [5.41, 5.74) is 16.1. The molecule has 8 aromatic rings. The van der Waals surface area contributed by atoms with Crippen LogP contribution in [0.1, 0.15) is 25.0 Å². The van der Waals surface area contributed by atoms with Crippen molar-refractivity contribution in [2.24, 2.45) is 0 Å². The fourth-order valence-electron chi connectivity index (χ4n) is 7.94. The first kappa shape index (κ1) is 29.9. The maximum Gasteiger partial charge on any atom is 0.0540 e. The van der Waals surface area contributed by atoms with Crippen LogP contribution in [0.4, 0.5) is 17.1 Å². The van der Waals surface area contributed by atoms with Gasteiger partial charge in [0.1, 0.15) is 0 Å². The molecule has 0 atom stereocenters. The average Bonchev–Trinajstić information content (AvgIpc) is 3.42. The summed E-state index contributed by atoms with van der Waals surface area (Å²) < 4.78 is 0. The zero-order chi connectivity index (χ0) is 33.7. The standard InChI is InChI=1S/C49H37N/c1-49(2)45-23-10-8-21-44(45)48-43(22-13-24-46(48)49)36-27-29-40(30-28-36)50(41-31-26-35-16-6-7-17-38(35)33-41)47-25-11-9-20-42(47)39-19-12-18-37(32-39)34-14-4-3-5-15-34/h3-33H,1-2H3. The molecule has 1 aliphatic rings. The second-order valence-electron chi connectivity index (χ2n) is 13.8. The lowest BCUT2D eigenvalue weighted by atomic mass is 9.82. The van der Waals surface area contributed by atoms with Gasteiger partial charge in [-0.05, 0) is 97.2 Å². The Morgan fingerprint density at radius 2 is 0.960 bits per heavy atom. The van der Waals surface area contributed by atoms with Crippen LogP contribution in [-0.4, -0.2) is 0 Å². The summed E-state index contributed by atoms with van der Waals surface area (Å²) in [5, 5.41) is 2.45. The SMILES string of the molecule is CC1(C)c2ccccc2-c2c(-c3ccc(N(c4ccc5ccccc5c4)c4ccccc4-c4cccc(-c5ccccc5)c4)cc3)cccc21. The van der Waals surface area contributed by atoms with Crippen molar-refractivity contribution in [3.63, 3.8) is 0 Å². The molecule has 0 saturated heterocycles. The Morgan fingerprint density at radius 3 is 1.80 bits per heavy atom. The monoisotopic (exact) mass is 639 g/mol. The molecular formula is C49H37N. The van der Waals surface area contributed by atoms with Gasteiger partial charge >= 0.3 is 0 Å². The van der Waals surface area contributed by atoms with Crippen molar-refractivity contribution in [2.45, 2.75) is 19.3 Å². The van der Waals surface area contributed by atoms with E-state index in [-0.39, 0.29) is 5.41 Å². The van der Waals surface area contributed by atoms with Crippen LogP contribution in [-0.2, 0) is 5.41 Å². The minimum absolute atomic E-state index is 0.0315. The van der Waals surface area contributed by atoms with Gasteiger partial charge in [0.25, 0.3) is 0 Å². The third-order valence-electron chi connectivity index (χ3n) is 10.5. The largest absolute Gasteiger partial charge is 0.310 e. The highest BCUT2D eigenvalue weighted by Gasteiger charge is 2.36. The van der Waals surface area contributed by atoms with Gasteiger partial charge in [-0.3, -0.25) is 0 Å². The number of rotatable bonds is 6. The van der Waals surface area contributed by atoms with Crippen LogP contribution in [0.15, 0.2) is 188 Å². The fraction of sp³-hybridized carbons (Fsp3) is 0.0612. The highest BCUT2D eigenvalue weighted by atomic mass is 15.1.